The van der Waals surface area contributed by atoms with E-state index < -0.39 is 0 Å². The molecule has 2 aromatic rings. The van der Waals surface area contributed by atoms with Crippen molar-refractivity contribution in [2.24, 2.45) is 12.5 Å². The maximum atomic E-state index is 12.1. The number of para-hydroxylation sites is 1. The fraction of sp³-hybridized carbons (Fsp3) is 0.400. The van der Waals surface area contributed by atoms with Gasteiger partial charge in [-0.3, -0.25) is 4.79 Å². The molecule has 0 unspecified atom stereocenters. The lowest BCUT2D eigenvalue weighted by Crippen LogP contribution is -2.20. The van der Waals surface area contributed by atoms with Gasteiger partial charge < -0.3 is 9.88 Å². The van der Waals surface area contributed by atoms with Crippen LogP contribution in [0, 0.1) is 5.41 Å². The van der Waals surface area contributed by atoms with Crippen LogP contribution in [0.4, 0.5) is 5.69 Å². The van der Waals surface area contributed by atoms with Crippen molar-refractivity contribution < 1.29 is 4.79 Å². The molecule has 106 valence electrons. The molecule has 0 aliphatic heterocycles. The predicted molar refractivity (Wildman–Crippen MR) is 79.1 cm³/mol. The zero-order valence-electron chi connectivity index (χ0n) is 12.3. The molecule has 20 heavy (non-hydrogen) atoms. The third kappa shape index (κ3) is 3.44. The van der Waals surface area contributed by atoms with E-state index in [4.69, 9.17) is 0 Å². The summed E-state index contributed by atoms with van der Waals surface area (Å²) in [6, 6.07) is 7.62. The molecule has 1 aromatic carbocycles. The summed E-state index contributed by atoms with van der Waals surface area (Å²) in [6.45, 7) is 6.13. The van der Waals surface area contributed by atoms with Gasteiger partial charge in [-0.05, 0) is 17.5 Å². The first-order valence-electron chi connectivity index (χ1n) is 6.60. The van der Waals surface area contributed by atoms with Crippen LogP contribution >= 0.6 is 0 Å². The van der Waals surface area contributed by atoms with Gasteiger partial charge in [-0.25, -0.2) is 0 Å². The molecule has 1 heterocycles. The molecule has 0 fully saturated rings. The number of carbonyl (C=O) groups excluding carboxylic acids is 1. The zero-order chi connectivity index (χ0) is 14.8. The number of anilines is 1. The third-order valence-corrected chi connectivity index (χ3v) is 2.84. The fourth-order valence-electron chi connectivity index (χ4n) is 1.99. The lowest BCUT2D eigenvalue weighted by Gasteiger charge is -2.18. The molecule has 0 atom stereocenters. The Kier molecular flexibility index (Phi) is 3.88. The molecule has 2 rings (SSSR count). The first-order valence-corrected chi connectivity index (χ1v) is 6.60. The molecule has 1 amide bonds. The lowest BCUT2D eigenvalue weighted by molar-refractivity contribution is -0.117. The summed E-state index contributed by atoms with van der Waals surface area (Å²) in [4.78, 5) is 12.1. The number of amides is 1. The number of hydrogen-bond donors (Lipinski definition) is 1. The van der Waals surface area contributed by atoms with Crippen molar-refractivity contribution in [3.63, 3.8) is 0 Å². The number of carbonyl (C=O) groups is 1. The Hall–Kier alpha value is -2.17. The van der Waals surface area contributed by atoms with Gasteiger partial charge in [0.15, 0.2) is 5.82 Å². The lowest BCUT2D eigenvalue weighted by atomic mass is 9.92. The Bertz CT molecular complexity index is 610. The van der Waals surface area contributed by atoms with Gasteiger partial charge in [0.05, 0.1) is 5.69 Å². The highest BCUT2D eigenvalue weighted by Gasteiger charge is 2.17. The van der Waals surface area contributed by atoms with Gasteiger partial charge in [0.25, 0.3) is 0 Å². The summed E-state index contributed by atoms with van der Waals surface area (Å²) in [6.07, 6.45) is 2.11. The van der Waals surface area contributed by atoms with Gasteiger partial charge in [0, 0.05) is 19.0 Å². The first-order chi connectivity index (χ1) is 9.37. The van der Waals surface area contributed by atoms with E-state index >= 15 is 0 Å². The zero-order valence-corrected chi connectivity index (χ0v) is 12.3. The smallest absolute Gasteiger partial charge is 0.224 e. The van der Waals surface area contributed by atoms with Crippen molar-refractivity contribution in [1.29, 1.82) is 0 Å². The van der Waals surface area contributed by atoms with E-state index in [1.807, 2.05) is 56.7 Å². The van der Waals surface area contributed by atoms with Gasteiger partial charge in [-0.15, -0.1) is 10.2 Å². The van der Waals surface area contributed by atoms with Crippen molar-refractivity contribution in [3.8, 4) is 11.4 Å². The normalized spacial score (nSPS) is 11.4. The molecule has 0 bridgehead atoms. The molecule has 1 aromatic heterocycles. The molecule has 0 spiro atoms. The average molecular weight is 272 g/mol. The molecule has 0 radical (unpaired) electrons. The van der Waals surface area contributed by atoms with Crippen molar-refractivity contribution in [3.05, 3.63) is 30.6 Å². The van der Waals surface area contributed by atoms with E-state index in [2.05, 4.69) is 15.5 Å². The average Bonchev–Trinajstić information content (AvgIpc) is 2.73. The molecular weight excluding hydrogens is 252 g/mol. The van der Waals surface area contributed by atoms with Crippen molar-refractivity contribution in [2.75, 3.05) is 5.32 Å². The Labute approximate surface area is 119 Å². The Balaban J connectivity index is 2.26. The Morgan fingerprint density at radius 3 is 2.60 bits per heavy atom. The highest BCUT2D eigenvalue weighted by Crippen LogP contribution is 2.27. The Morgan fingerprint density at radius 2 is 2.00 bits per heavy atom. The van der Waals surface area contributed by atoms with Crippen LogP contribution in [0.1, 0.15) is 27.2 Å². The van der Waals surface area contributed by atoms with Gasteiger partial charge in [0.1, 0.15) is 6.33 Å². The maximum absolute atomic E-state index is 12.1. The molecule has 5 heteroatoms. The standard InChI is InChI=1S/C15H20N4O/c1-15(2,3)9-13(20)17-12-8-6-5-7-11(12)14-18-16-10-19(14)4/h5-8,10H,9H2,1-4H3,(H,17,20). The minimum Gasteiger partial charge on any atom is -0.325 e. The maximum Gasteiger partial charge on any atom is 0.224 e. The predicted octanol–water partition coefficient (Wildman–Crippen LogP) is 2.86. The van der Waals surface area contributed by atoms with Crippen molar-refractivity contribution in [2.45, 2.75) is 27.2 Å². The second-order valence-electron chi connectivity index (χ2n) is 6.10. The molecule has 1 N–H and O–H groups in total. The molecule has 5 nitrogen and oxygen atoms in total. The second-order valence-corrected chi connectivity index (χ2v) is 6.10. The van der Waals surface area contributed by atoms with Gasteiger partial charge in [0.2, 0.25) is 5.91 Å². The number of nitrogens with one attached hydrogen (secondary N) is 1. The van der Waals surface area contributed by atoms with Crippen LogP contribution in [0.2, 0.25) is 0 Å². The van der Waals surface area contributed by atoms with E-state index in [9.17, 15) is 4.79 Å². The summed E-state index contributed by atoms with van der Waals surface area (Å²) in [5.74, 6) is 0.740. The van der Waals surface area contributed by atoms with Gasteiger partial charge >= 0.3 is 0 Å². The number of aryl methyl sites for hydroxylation is 1. The summed E-state index contributed by atoms with van der Waals surface area (Å²) in [5, 5.41) is 10.9. The van der Waals surface area contributed by atoms with E-state index in [-0.39, 0.29) is 11.3 Å². The number of nitrogens with zero attached hydrogens (tertiary/aromatic N) is 3. The van der Waals surface area contributed by atoms with E-state index in [0.717, 1.165) is 17.1 Å². The largest absolute Gasteiger partial charge is 0.325 e. The van der Waals surface area contributed by atoms with E-state index in [1.54, 1.807) is 6.33 Å². The summed E-state index contributed by atoms with van der Waals surface area (Å²) >= 11 is 0. The summed E-state index contributed by atoms with van der Waals surface area (Å²) in [7, 11) is 1.88. The minimum atomic E-state index is -0.0379. The second kappa shape index (κ2) is 5.45. The molecule has 0 aliphatic carbocycles. The van der Waals surface area contributed by atoms with E-state index in [0.29, 0.717) is 6.42 Å². The van der Waals surface area contributed by atoms with Crippen molar-refractivity contribution >= 4 is 11.6 Å². The van der Waals surface area contributed by atoms with Crippen LogP contribution in [0.5, 0.6) is 0 Å². The SMILES string of the molecule is Cn1cnnc1-c1ccccc1NC(=O)CC(C)(C)C. The van der Waals surface area contributed by atoms with Crippen LogP contribution in [0.3, 0.4) is 0 Å². The van der Waals surface area contributed by atoms with Crippen molar-refractivity contribution in [1.82, 2.24) is 14.8 Å². The first kappa shape index (κ1) is 14.2. The number of rotatable bonds is 3. The topological polar surface area (TPSA) is 59.8 Å². The molecule has 0 saturated heterocycles. The minimum absolute atomic E-state index is 0.00659. The monoisotopic (exact) mass is 272 g/mol. The van der Waals surface area contributed by atoms with Crippen LogP contribution < -0.4 is 5.32 Å². The van der Waals surface area contributed by atoms with Crippen LogP contribution in [-0.4, -0.2) is 20.7 Å². The molecular formula is C15H20N4O. The number of aromatic nitrogens is 3. The van der Waals surface area contributed by atoms with Crippen LogP contribution in [-0.2, 0) is 11.8 Å². The molecule has 0 aliphatic rings. The number of hydrogen-bond acceptors (Lipinski definition) is 3. The summed E-state index contributed by atoms with van der Waals surface area (Å²) < 4.78 is 1.83. The highest BCUT2D eigenvalue weighted by atomic mass is 16.1. The van der Waals surface area contributed by atoms with Gasteiger partial charge in [-0.2, -0.15) is 0 Å². The van der Waals surface area contributed by atoms with Crippen LogP contribution in [0.25, 0.3) is 11.4 Å². The fourth-order valence-corrected chi connectivity index (χ4v) is 1.99. The molecule has 0 saturated carbocycles. The quantitative estimate of drug-likeness (QED) is 0.934. The highest BCUT2D eigenvalue weighted by molar-refractivity contribution is 5.95. The van der Waals surface area contributed by atoms with Crippen LogP contribution in [0.15, 0.2) is 30.6 Å². The Morgan fingerprint density at radius 1 is 1.30 bits per heavy atom. The number of benzene rings is 1. The van der Waals surface area contributed by atoms with E-state index in [1.165, 1.54) is 0 Å². The van der Waals surface area contributed by atoms with Gasteiger partial charge in [-0.1, -0.05) is 32.9 Å². The third-order valence-electron chi connectivity index (χ3n) is 2.84. The summed E-state index contributed by atoms with van der Waals surface area (Å²) in [5.41, 5.74) is 1.59.